The summed E-state index contributed by atoms with van der Waals surface area (Å²) in [5, 5.41) is 3.37. The predicted octanol–water partition coefficient (Wildman–Crippen LogP) is 4.61. The van der Waals surface area contributed by atoms with Crippen molar-refractivity contribution in [2.24, 2.45) is 11.8 Å². The summed E-state index contributed by atoms with van der Waals surface area (Å²) in [7, 11) is 0. The molecule has 0 aromatic heterocycles. The fourth-order valence-corrected chi connectivity index (χ4v) is 5.30. The molecule has 2 aromatic rings. The van der Waals surface area contributed by atoms with Crippen molar-refractivity contribution in [3.8, 4) is 0 Å². The summed E-state index contributed by atoms with van der Waals surface area (Å²) in [4.78, 5) is 17.7. The highest BCUT2D eigenvalue weighted by atomic mass is 19.1. The summed E-state index contributed by atoms with van der Waals surface area (Å²) >= 11 is 0. The average molecular weight is 456 g/mol. The van der Waals surface area contributed by atoms with Gasteiger partial charge < -0.3 is 10.2 Å². The van der Waals surface area contributed by atoms with Gasteiger partial charge in [-0.25, -0.2) is 8.78 Å². The van der Waals surface area contributed by atoms with Crippen LogP contribution in [0.2, 0.25) is 0 Å². The maximum absolute atomic E-state index is 13.6. The SMILES string of the molecule is CC(C)[C@H]1CN(C(c2ccc(F)cc2)c2ccc(F)cc2)CCN1C(=O)CC1CCNCC1. The van der Waals surface area contributed by atoms with E-state index in [-0.39, 0.29) is 29.6 Å². The molecule has 1 atom stereocenters. The quantitative estimate of drug-likeness (QED) is 0.691. The molecule has 178 valence electrons. The molecule has 0 radical (unpaired) electrons. The molecule has 4 rings (SSSR count). The van der Waals surface area contributed by atoms with E-state index in [4.69, 9.17) is 0 Å². The number of rotatable bonds is 6. The molecule has 0 bridgehead atoms. The zero-order chi connectivity index (χ0) is 23.4. The number of benzene rings is 2. The second-order valence-corrected chi connectivity index (χ2v) is 9.80. The van der Waals surface area contributed by atoms with Gasteiger partial charge in [0.1, 0.15) is 11.6 Å². The molecule has 2 aromatic carbocycles. The maximum atomic E-state index is 13.6. The predicted molar refractivity (Wildman–Crippen MR) is 127 cm³/mol. The number of nitrogens with one attached hydrogen (secondary N) is 1. The molecule has 2 aliphatic rings. The van der Waals surface area contributed by atoms with E-state index >= 15 is 0 Å². The van der Waals surface area contributed by atoms with E-state index in [0.29, 0.717) is 24.8 Å². The molecular formula is C27H35F2N3O. The molecule has 2 heterocycles. The molecule has 0 aliphatic carbocycles. The van der Waals surface area contributed by atoms with Gasteiger partial charge in [-0.2, -0.15) is 0 Å². The van der Waals surface area contributed by atoms with E-state index in [1.165, 1.54) is 24.3 Å². The van der Waals surface area contributed by atoms with Gasteiger partial charge in [0, 0.05) is 32.1 Å². The van der Waals surface area contributed by atoms with Crippen molar-refractivity contribution in [2.75, 3.05) is 32.7 Å². The molecule has 2 saturated heterocycles. The Morgan fingerprint density at radius 2 is 1.48 bits per heavy atom. The van der Waals surface area contributed by atoms with Crippen LogP contribution in [-0.2, 0) is 4.79 Å². The number of nitrogens with zero attached hydrogens (tertiary/aromatic N) is 2. The molecule has 0 spiro atoms. The third kappa shape index (κ3) is 5.79. The van der Waals surface area contributed by atoms with Crippen molar-refractivity contribution in [1.82, 2.24) is 15.1 Å². The topological polar surface area (TPSA) is 35.6 Å². The van der Waals surface area contributed by atoms with Crippen molar-refractivity contribution in [2.45, 2.75) is 45.2 Å². The first kappa shape index (κ1) is 23.8. The van der Waals surface area contributed by atoms with Crippen molar-refractivity contribution in [1.29, 1.82) is 0 Å². The standard InChI is InChI=1S/C27H35F2N3O/c1-19(2)25-18-31(15-16-32(25)26(33)17-20-11-13-30-14-12-20)27(21-3-7-23(28)8-4-21)22-5-9-24(29)10-6-22/h3-10,19-20,25,27,30H,11-18H2,1-2H3/t25-/m1/s1. The number of carbonyl (C=O) groups is 1. The van der Waals surface area contributed by atoms with Crippen LogP contribution >= 0.6 is 0 Å². The summed E-state index contributed by atoms with van der Waals surface area (Å²) in [6.07, 6.45) is 2.76. The van der Waals surface area contributed by atoms with E-state index in [2.05, 4.69) is 29.0 Å². The van der Waals surface area contributed by atoms with Crippen LogP contribution in [0.1, 0.15) is 50.3 Å². The lowest BCUT2D eigenvalue weighted by Gasteiger charge is -2.46. The molecule has 33 heavy (non-hydrogen) atoms. The van der Waals surface area contributed by atoms with E-state index in [1.54, 1.807) is 0 Å². The minimum atomic E-state index is -0.273. The highest BCUT2D eigenvalue weighted by molar-refractivity contribution is 5.77. The lowest BCUT2D eigenvalue weighted by atomic mass is 9.91. The average Bonchev–Trinajstić information content (AvgIpc) is 2.82. The van der Waals surface area contributed by atoms with E-state index in [9.17, 15) is 13.6 Å². The van der Waals surface area contributed by atoms with Gasteiger partial charge in [-0.05, 0) is 73.2 Å². The number of piperidine rings is 1. The number of piperazine rings is 1. The minimum absolute atomic E-state index is 0.108. The first-order chi connectivity index (χ1) is 15.9. The Balaban J connectivity index is 1.55. The van der Waals surface area contributed by atoms with E-state index < -0.39 is 0 Å². The van der Waals surface area contributed by atoms with E-state index in [0.717, 1.165) is 50.1 Å². The molecule has 6 heteroatoms. The van der Waals surface area contributed by atoms with Crippen LogP contribution in [0, 0.1) is 23.5 Å². The minimum Gasteiger partial charge on any atom is -0.337 e. The Morgan fingerprint density at radius 3 is 2.00 bits per heavy atom. The monoisotopic (exact) mass is 455 g/mol. The fraction of sp³-hybridized carbons (Fsp3) is 0.519. The number of hydrogen-bond donors (Lipinski definition) is 1. The summed E-state index contributed by atoms with van der Waals surface area (Å²) in [6.45, 7) is 8.46. The van der Waals surface area contributed by atoms with Gasteiger partial charge in [-0.3, -0.25) is 9.69 Å². The molecule has 0 unspecified atom stereocenters. The molecule has 2 aliphatic heterocycles. The van der Waals surface area contributed by atoms with Crippen LogP contribution in [0.4, 0.5) is 8.78 Å². The third-order valence-corrected chi connectivity index (χ3v) is 7.20. The van der Waals surface area contributed by atoms with Crippen molar-refractivity contribution >= 4 is 5.91 Å². The van der Waals surface area contributed by atoms with Gasteiger partial charge in [0.05, 0.1) is 6.04 Å². The summed E-state index contributed by atoms with van der Waals surface area (Å²) < 4.78 is 27.3. The fourth-order valence-electron chi connectivity index (χ4n) is 5.30. The highest BCUT2D eigenvalue weighted by Gasteiger charge is 2.36. The third-order valence-electron chi connectivity index (χ3n) is 7.20. The lowest BCUT2D eigenvalue weighted by molar-refractivity contribution is -0.139. The summed E-state index contributed by atoms with van der Waals surface area (Å²) in [6, 6.07) is 13.1. The zero-order valence-electron chi connectivity index (χ0n) is 19.6. The van der Waals surface area contributed by atoms with Crippen LogP contribution in [0.25, 0.3) is 0 Å². The van der Waals surface area contributed by atoms with Crippen LogP contribution in [-0.4, -0.2) is 54.5 Å². The Labute approximate surface area is 196 Å². The zero-order valence-corrected chi connectivity index (χ0v) is 19.6. The first-order valence-corrected chi connectivity index (χ1v) is 12.2. The molecular weight excluding hydrogens is 420 g/mol. The largest absolute Gasteiger partial charge is 0.337 e. The van der Waals surface area contributed by atoms with Gasteiger partial charge >= 0.3 is 0 Å². The van der Waals surface area contributed by atoms with Crippen LogP contribution < -0.4 is 5.32 Å². The molecule has 0 saturated carbocycles. The Kier molecular flexibility index (Phi) is 7.76. The second kappa shape index (κ2) is 10.7. The molecule has 2 fully saturated rings. The molecule has 4 nitrogen and oxygen atoms in total. The normalized spacial score (nSPS) is 20.5. The van der Waals surface area contributed by atoms with Gasteiger partial charge in [0.15, 0.2) is 0 Å². The van der Waals surface area contributed by atoms with Gasteiger partial charge in [0.2, 0.25) is 5.91 Å². The van der Waals surface area contributed by atoms with Crippen molar-refractivity contribution < 1.29 is 13.6 Å². The van der Waals surface area contributed by atoms with Gasteiger partial charge in [-0.15, -0.1) is 0 Å². The number of amides is 1. The number of halogens is 2. The van der Waals surface area contributed by atoms with Crippen LogP contribution in [0.3, 0.4) is 0 Å². The Morgan fingerprint density at radius 1 is 0.939 bits per heavy atom. The number of carbonyl (C=O) groups excluding carboxylic acids is 1. The van der Waals surface area contributed by atoms with Crippen LogP contribution in [0.5, 0.6) is 0 Å². The summed E-state index contributed by atoms with van der Waals surface area (Å²) in [5.74, 6) is 0.498. The van der Waals surface area contributed by atoms with E-state index in [1.807, 2.05) is 24.3 Å². The molecule has 1 N–H and O–H groups in total. The lowest BCUT2D eigenvalue weighted by Crippen LogP contribution is -2.58. The molecule has 1 amide bonds. The first-order valence-electron chi connectivity index (χ1n) is 12.2. The highest BCUT2D eigenvalue weighted by Crippen LogP contribution is 2.33. The second-order valence-electron chi connectivity index (χ2n) is 9.80. The number of hydrogen-bond acceptors (Lipinski definition) is 3. The van der Waals surface area contributed by atoms with Gasteiger partial charge in [0.25, 0.3) is 0 Å². The van der Waals surface area contributed by atoms with Crippen molar-refractivity contribution in [3.63, 3.8) is 0 Å². The Bertz CT molecular complexity index is 864. The van der Waals surface area contributed by atoms with Gasteiger partial charge in [-0.1, -0.05) is 38.1 Å². The summed E-state index contributed by atoms with van der Waals surface area (Å²) in [5.41, 5.74) is 1.94. The maximum Gasteiger partial charge on any atom is 0.223 e. The Hall–Kier alpha value is -2.31. The van der Waals surface area contributed by atoms with Crippen molar-refractivity contribution in [3.05, 3.63) is 71.3 Å². The van der Waals surface area contributed by atoms with Crippen LogP contribution in [0.15, 0.2) is 48.5 Å². The smallest absolute Gasteiger partial charge is 0.223 e.